The van der Waals surface area contributed by atoms with Crippen LogP contribution in [0.5, 0.6) is 0 Å². The van der Waals surface area contributed by atoms with Crippen molar-refractivity contribution in [3.63, 3.8) is 0 Å². The Kier molecular flexibility index (Phi) is 2.80. The first kappa shape index (κ1) is 11.3. The fourth-order valence-electron chi connectivity index (χ4n) is 2.20. The third kappa shape index (κ3) is 2.30. The summed E-state index contributed by atoms with van der Waals surface area (Å²) in [5.41, 5.74) is 0.811. The van der Waals surface area contributed by atoms with Gasteiger partial charge in [0.1, 0.15) is 11.6 Å². The van der Waals surface area contributed by atoms with Crippen LogP contribution in [0.3, 0.4) is 0 Å². The van der Waals surface area contributed by atoms with Crippen molar-refractivity contribution in [3.8, 4) is 0 Å². The second kappa shape index (κ2) is 3.98. The molecule has 0 bridgehead atoms. The molecule has 0 aliphatic carbocycles. The lowest BCUT2D eigenvalue weighted by atomic mass is 10.0. The molecule has 0 spiro atoms. The quantitative estimate of drug-likeness (QED) is 0.764. The van der Waals surface area contributed by atoms with Gasteiger partial charge in [-0.25, -0.2) is 4.39 Å². The first-order chi connectivity index (χ1) is 7.47. The summed E-state index contributed by atoms with van der Waals surface area (Å²) in [4.78, 5) is 13.5. The molecule has 2 rings (SSSR count). The smallest absolute Gasteiger partial charge is 0.148 e. The van der Waals surface area contributed by atoms with Gasteiger partial charge in [-0.1, -0.05) is 12.1 Å². The zero-order valence-electron chi connectivity index (χ0n) is 9.66. The lowest BCUT2D eigenvalue weighted by molar-refractivity contribution is -0.117. The average molecular weight is 221 g/mol. The van der Waals surface area contributed by atoms with E-state index in [-0.39, 0.29) is 17.1 Å². The Labute approximate surface area is 95.1 Å². The number of hydrogen-bond donors (Lipinski definition) is 0. The first-order valence-corrected chi connectivity index (χ1v) is 5.48. The first-order valence-electron chi connectivity index (χ1n) is 5.48. The summed E-state index contributed by atoms with van der Waals surface area (Å²) in [7, 11) is 0. The van der Waals surface area contributed by atoms with Crippen LogP contribution in [-0.4, -0.2) is 22.8 Å². The minimum atomic E-state index is -0.221. The molecule has 1 aromatic rings. The number of likely N-dealkylation sites (tertiary alicyclic amines) is 1. The molecule has 3 heteroatoms. The molecule has 1 aliphatic heterocycles. The van der Waals surface area contributed by atoms with Crippen LogP contribution in [0.2, 0.25) is 0 Å². The van der Waals surface area contributed by atoms with Crippen LogP contribution in [0, 0.1) is 5.82 Å². The number of ketones is 1. The molecule has 0 saturated carbocycles. The maximum atomic E-state index is 13.0. The lowest BCUT2D eigenvalue weighted by Crippen LogP contribution is -2.37. The second-order valence-corrected chi connectivity index (χ2v) is 5.01. The summed E-state index contributed by atoms with van der Waals surface area (Å²) in [6, 6.07) is 6.56. The predicted octanol–water partition coefficient (Wildman–Crippen LogP) is 2.38. The molecule has 16 heavy (non-hydrogen) atoms. The maximum Gasteiger partial charge on any atom is 0.148 e. The van der Waals surface area contributed by atoms with Gasteiger partial charge in [-0.2, -0.15) is 0 Å². The fourth-order valence-corrected chi connectivity index (χ4v) is 2.20. The van der Waals surface area contributed by atoms with Crippen LogP contribution in [0.1, 0.15) is 25.8 Å². The molecule has 0 radical (unpaired) electrons. The van der Waals surface area contributed by atoms with Crippen LogP contribution in [0.25, 0.3) is 0 Å². The van der Waals surface area contributed by atoms with Gasteiger partial charge in [-0.05, 0) is 31.5 Å². The van der Waals surface area contributed by atoms with Crippen LogP contribution >= 0.6 is 0 Å². The molecular weight excluding hydrogens is 205 g/mol. The van der Waals surface area contributed by atoms with Crippen molar-refractivity contribution < 1.29 is 9.18 Å². The predicted molar refractivity (Wildman–Crippen MR) is 60.5 cm³/mol. The molecule has 1 saturated heterocycles. The number of nitrogens with zero attached hydrogens (tertiary/aromatic N) is 1. The van der Waals surface area contributed by atoms with Gasteiger partial charge < -0.3 is 0 Å². The number of hydrogen-bond acceptors (Lipinski definition) is 2. The summed E-state index contributed by atoms with van der Waals surface area (Å²) in [5, 5.41) is 0. The van der Waals surface area contributed by atoms with Crippen LogP contribution in [-0.2, 0) is 11.3 Å². The highest BCUT2D eigenvalue weighted by molar-refractivity contribution is 5.84. The molecule has 0 unspecified atom stereocenters. The third-order valence-electron chi connectivity index (χ3n) is 3.12. The highest BCUT2D eigenvalue weighted by Gasteiger charge is 2.36. The van der Waals surface area contributed by atoms with E-state index < -0.39 is 0 Å². The van der Waals surface area contributed by atoms with Crippen molar-refractivity contribution in [3.05, 3.63) is 35.6 Å². The molecule has 86 valence electrons. The van der Waals surface area contributed by atoms with Gasteiger partial charge in [0.25, 0.3) is 0 Å². The van der Waals surface area contributed by atoms with E-state index in [0.29, 0.717) is 19.5 Å². The molecule has 1 fully saturated rings. The van der Waals surface area contributed by atoms with E-state index in [1.807, 2.05) is 6.07 Å². The van der Waals surface area contributed by atoms with Crippen molar-refractivity contribution in [2.75, 3.05) is 6.54 Å². The number of Topliss-reactive ketones (excluding diaryl/α,β-unsaturated/α-hetero) is 1. The Morgan fingerprint density at radius 3 is 2.75 bits per heavy atom. The highest BCUT2D eigenvalue weighted by Crippen LogP contribution is 2.27. The molecule has 0 aromatic heterocycles. The number of rotatable bonds is 2. The summed E-state index contributed by atoms with van der Waals surface area (Å²) >= 11 is 0. The van der Waals surface area contributed by atoms with Crippen molar-refractivity contribution in [2.45, 2.75) is 32.4 Å². The molecule has 0 N–H and O–H groups in total. The van der Waals surface area contributed by atoms with Gasteiger partial charge in [0.15, 0.2) is 0 Å². The van der Waals surface area contributed by atoms with E-state index in [1.54, 1.807) is 6.07 Å². The normalized spacial score (nSPS) is 20.3. The van der Waals surface area contributed by atoms with Crippen LogP contribution < -0.4 is 0 Å². The van der Waals surface area contributed by atoms with E-state index in [4.69, 9.17) is 0 Å². The topological polar surface area (TPSA) is 20.3 Å². The lowest BCUT2D eigenvalue weighted by Gasteiger charge is -2.30. The highest BCUT2D eigenvalue weighted by atomic mass is 19.1. The number of benzene rings is 1. The van der Waals surface area contributed by atoms with Crippen molar-refractivity contribution in [1.29, 1.82) is 0 Å². The monoisotopic (exact) mass is 221 g/mol. The van der Waals surface area contributed by atoms with Crippen molar-refractivity contribution in [1.82, 2.24) is 4.90 Å². The Morgan fingerprint density at radius 2 is 2.19 bits per heavy atom. The third-order valence-corrected chi connectivity index (χ3v) is 3.12. The minimum absolute atomic E-state index is 0.108. The molecular formula is C13H16FNO. The van der Waals surface area contributed by atoms with E-state index in [0.717, 1.165) is 5.56 Å². The SMILES string of the molecule is CC1(C)CC(=O)CN1Cc1cccc(F)c1. The summed E-state index contributed by atoms with van der Waals surface area (Å²) in [6.45, 7) is 5.22. The Morgan fingerprint density at radius 1 is 1.44 bits per heavy atom. The largest absolute Gasteiger partial charge is 0.298 e. The van der Waals surface area contributed by atoms with Crippen LogP contribution in [0.4, 0.5) is 4.39 Å². The van der Waals surface area contributed by atoms with Crippen molar-refractivity contribution >= 4 is 5.78 Å². The molecule has 2 nitrogen and oxygen atoms in total. The van der Waals surface area contributed by atoms with Gasteiger partial charge in [0.2, 0.25) is 0 Å². The van der Waals surface area contributed by atoms with E-state index in [2.05, 4.69) is 18.7 Å². The van der Waals surface area contributed by atoms with Gasteiger partial charge >= 0.3 is 0 Å². The second-order valence-electron chi connectivity index (χ2n) is 5.01. The summed E-state index contributed by atoms with van der Waals surface area (Å²) in [5.74, 6) is 0.0437. The summed E-state index contributed by atoms with van der Waals surface area (Å²) in [6.07, 6.45) is 0.586. The van der Waals surface area contributed by atoms with E-state index in [1.165, 1.54) is 12.1 Å². The van der Waals surface area contributed by atoms with Gasteiger partial charge in [-0.15, -0.1) is 0 Å². The average Bonchev–Trinajstić information content (AvgIpc) is 2.39. The van der Waals surface area contributed by atoms with Crippen LogP contribution in [0.15, 0.2) is 24.3 Å². The molecule has 0 atom stereocenters. The Bertz CT molecular complexity index is 414. The maximum absolute atomic E-state index is 13.0. The zero-order chi connectivity index (χ0) is 11.8. The van der Waals surface area contributed by atoms with Gasteiger partial charge in [0.05, 0.1) is 6.54 Å². The fraction of sp³-hybridized carbons (Fsp3) is 0.462. The van der Waals surface area contributed by atoms with E-state index in [9.17, 15) is 9.18 Å². The molecule has 1 aliphatic rings. The Hall–Kier alpha value is -1.22. The molecule has 1 heterocycles. The van der Waals surface area contributed by atoms with E-state index >= 15 is 0 Å². The Balaban J connectivity index is 2.13. The molecule has 0 amide bonds. The van der Waals surface area contributed by atoms with Gasteiger partial charge in [-0.3, -0.25) is 9.69 Å². The number of halogens is 1. The van der Waals surface area contributed by atoms with Gasteiger partial charge in [0, 0.05) is 18.5 Å². The molecule has 1 aromatic carbocycles. The minimum Gasteiger partial charge on any atom is -0.298 e. The van der Waals surface area contributed by atoms with Crippen molar-refractivity contribution in [2.24, 2.45) is 0 Å². The standard InChI is InChI=1S/C13H16FNO/c1-13(2)7-12(16)9-15(13)8-10-4-3-5-11(14)6-10/h3-6H,7-9H2,1-2H3. The summed E-state index contributed by atoms with van der Waals surface area (Å²) < 4.78 is 13.0. The number of carbonyl (C=O) groups excluding carboxylic acids is 1. The number of carbonyl (C=O) groups is 1. The zero-order valence-corrected chi connectivity index (χ0v) is 9.66.